The van der Waals surface area contributed by atoms with Gasteiger partial charge in [-0.2, -0.15) is 5.10 Å². The fourth-order valence-electron chi connectivity index (χ4n) is 1.00. The Morgan fingerprint density at radius 2 is 2.00 bits per heavy atom. The minimum Gasteiger partial charge on any atom is -0.448 e. The van der Waals surface area contributed by atoms with Gasteiger partial charge in [-0.05, 0) is 0 Å². The van der Waals surface area contributed by atoms with Crippen LogP contribution in [0.25, 0.3) is 0 Å². The standard InChI is InChI=1S/C7H10BF3N3O.K/c1-13(2)6-3-7(15)14(12-4-6)5-8(9,10)11;/h3-4H,5H2,1-2H3;/q-1;+1. The first-order chi connectivity index (χ1) is 6.79. The van der Waals surface area contributed by atoms with Crippen LogP contribution < -0.4 is 61.8 Å². The maximum absolute atomic E-state index is 12.0. The van der Waals surface area contributed by atoms with Gasteiger partial charge in [0.2, 0.25) is 0 Å². The largest absolute Gasteiger partial charge is 1.00 e. The van der Waals surface area contributed by atoms with Gasteiger partial charge in [0, 0.05) is 26.6 Å². The normalized spacial score (nSPS) is 10.8. The molecule has 1 aromatic rings. The SMILES string of the molecule is CN(C)c1cnn(C[B-](F)(F)F)c(=O)c1.[K+]. The molecule has 0 aromatic carbocycles. The van der Waals surface area contributed by atoms with E-state index in [4.69, 9.17) is 0 Å². The van der Waals surface area contributed by atoms with Crippen molar-refractivity contribution in [3.8, 4) is 0 Å². The number of anilines is 1. The zero-order valence-corrected chi connectivity index (χ0v) is 12.4. The summed E-state index contributed by atoms with van der Waals surface area (Å²) in [5, 5.41) is 3.44. The number of rotatable bonds is 3. The Morgan fingerprint density at radius 1 is 1.44 bits per heavy atom. The van der Waals surface area contributed by atoms with Crippen LogP contribution in [0.15, 0.2) is 17.1 Å². The van der Waals surface area contributed by atoms with Gasteiger partial charge >= 0.3 is 58.4 Å². The molecule has 4 nitrogen and oxygen atoms in total. The van der Waals surface area contributed by atoms with Crippen LogP contribution in [-0.4, -0.2) is 30.9 Å². The van der Waals surface area contributed by atoms with E-state index in [0.717, 1.165) is 6.07 Å². The summed E-state index contributed by atoms with van der Waals surface area (Å²) in [5.41, 5.74) is -0.272. The Bertz CT molecular complexity index is 407. The van der Waals surface area contributed by atoms with Gasteiger partial charge in [0.15, 0.2) is 0 Å². The summed E-state index contributed by atoms with van der Waals surface area (Å²) in [4.78, 5) is 12.8. The molecule has 0 saturated heterocycles. The molecule has 9 heteroatoms. The molecule has 0 aliphatic heterocycles. The Morgan fingerprint density at radius 3 is 2.38 bits per heavy atom. The number of nitrogens with zero attached hydrogens (tertiary/aromatic N) is 3. The zero-order valence-electron chi connectivity index (χ0n) is 9.32. The summed E-state index contributed by atoms with van der Waals surface area (Å²) in [5.74, 6) is 0. The monoisotopic (exact) mass is 259 g/mol. The minimum atomic E-state index is -5.04. The van der Waals surface area contributed by atoms with E-state index in [2.05, 4.69) is 5.10 Å². The molecule has 0 fully saturated rings. The second kappa shape index (κ2) is 6.20. The molecule has 0 aliphatic carbocycles. The molecule has 1 heterocycles. The van der Waals surface area contributed by atoms with E-state index < -0.39 is 19.0 Å². The second-order valence-corrected chi connectivity index (χ2v) is 3.34. The molecular weight excluding hydrogens is 249 g/mol. The molecule has 0 saturated carbocycles. The third-order valence-corrected chi connectivity index (χ3v) is 1.75. The minimum absolute atomic E-state index is 0. The van der Waals surface area contributed by atoms with E-state index in [9.17, 15) is 17.7 Å². The van der Waals surface area contributed by atoms with Crippen LogP contribution in [0.4, 0.5) is 18.6 Å². The van der Waals surface area contributed by atoms with Gasteiger partial charge in [0.05, 0.1) is 11.9 Å². The number of halogens is 3. The van der Waals surface area contributed by atoms with Gasteiger partial charge in [-0.3, -0.25) is 9.48 Å². The van der Waals surface area contributed by atoms with E-state index in [-0.39, 0.29) is 51.4 Å². The third kappa shape index (κ3) is 5.00. The van der Waals surface area contributed by atoms with Crippen molar-refractivity contribution in [1.29, 1.82) is 0 Å². The number of aromatic nitrogens is 2. The molecule has 0 atom stereocenters. The summed E-state index contributed by atoms with van der Waals surface area (Å²) in [7, 11) is 3.35. The predicted octanol–water partition coefficient (Wildman–Crippen LogP) is -2.30. The third-order valence-electron chi connectivity index (χ3n) is 1.75. The Balaban J connectivity index is 0.00000225. The quantitative estimate of drug-likeness (QED) is 0.573. The average molecular weight is 259 g/mol. The van der Waals surface area contributed by atoms with Crippen LogP contribution in [0.2, 0.25) is 0 Å². The van der Waals surface area contributed by atoms with Gasteiger partial charge in [-0.15, -0.1) is 0 Å². The molecule has 0 unspecified atom stereocenters. The van der Waals surface area contributed by atoms with Gasteiger partial charge in [-0.1, -0.05) is 0 Å². The summed E-state index contributed by atoms with van der Waals surface area (Å²) in [6, 6.07) is 1.12. The first-order valence-electron chi connectivity index (χ1n) is 4.25. The maximum atomic E-state index is 12.0. The summed E-state index contributed by atoms with van der Waals surface area (Å²) >= 11 is 0. The Hall–Kier alpha value is 0.171. The van der Waals surface area contributed by atoms with Crippen molar-refractivity contribution in [1.82, 2.24) is 9.78 Å². The van der Waals surface area contributed by atoms with Crippen LogP contribution in [0, 0.1) is 0 Å². The Kier molecular flexibility index (Phi) is 6.26. The fourth-order valence-corrected chi connectivity index (χ4v) is 1.00. The molecule has 0 N–H and O–H groups in total. The van der Waals surface area contributed by atoms with Gasteiger partial charge in [0.1, 0.15) is 0 Å². The van der Waals surface area contributed by atoms with Gasteiger partial charge in [0.25, 0.3) is 5.56 Å². The molecule has 0 radical (unpaired) electrons. The predicted molar refractivity (Wildman–Crippen MR) is 51.9 cm³/mol. The Labute approximate surface area is 133 Å². The number of hydrogen-bond acceptors (Lipinski definition) is 3. The molecule has 0 amide bonds. The van der Waals surface area contributed by atoms with Crippen LogP contribution in [0.5, 0.6) is 0 Å². The average Bonchev–Trinajstić information content (AvgIpc) is 2.05. The van der Waals surface area contributed by atoms with Crippen molar-refractivity contribution >= 4 is 12.7 Å². The zero-order chi connectivity index (χ0) is 11.6. The molecular formula is C7H10BF3KN3O. The first-order valence-corrected chi connectivity index (χ1v) is 4.25. The molecule has 0 spiro atoms. The molecule has 0 aliphatic rings. The van der Waals surface area contributed by atoms with E-state index in [1.165, 1.54) is 6.20 Å². The molecule has 1 aromatic heterocycles. The van der Waals surface area contributed by atoms with Crippen molar-refractivity contribution < 1.29 is 64.3 Å². The van der Waals surface area contributed by atoms with Crippen LogP contribution in [0.1, 0.15) is 0 Å². The van der Waals surface area contributed by atoms with Crippen LogP contribution in [0.3, 0.4) is 0 Å². The fraction of sp³-hybridized carbons (Fsp3) is 0.429. The number of hydrogen-bond donors (Lipinski definition) is 0. The summed E-state index contributed by atoms with van der Waals surface area (Å²) < 4.78 is 36.5. The summed E-state index contributed by atoms with van der Waals surface area (Å²) in [6.07, 6.45) is -0.0736. The first kappa shape index (κ1) is 16.2. The van der Waals surface area contributed by atoms with E-state index >= 15 is 0 Å². The molecule has 0 bridgehead atoms. The van der Waals surface area contributed by atoms with Crippen LogP contribution >= 0.6 is 0 Å². The van der Waals surface area contributed by atoms with Crippen molar-refractivity contribution in [3.63, 3.8) is 0 Å². The van der Waals surface area contributed by atoms with Crippen molar-refractivity contribution in [3.05, 3.63) is 22.6 Å². The molecule has 84 valence electrons. The molecule has 16 heavy (non-hydrogen) atoms. The van der Waals surface area contributed by atoms with Gasteiger partial charge < -0.3 is 17.8 Å². The van der Waals surface area contributed by atoms with E-state index in [0.29, 0.717) is 10.4 Å². The molecule has 1 rings (SSSR count). The van der Waals surface area contributed by atoms with Gasteiger partial charge in [-0.25, -0.2) is 0 Å². The van der Waals surface area contributed by atoms with E-state index in [1.807, 2.05) is 0 Å². The smallest absolute Gasteiger partial charge is 0.448 e. The van der Waals surface area contributed by atoms with Crippen molar-refractivity contribution in [2.75, 3.05) is 19.0 Å². The van der Waals surface area contributed by atoms with Crippen LogP contribution in [-0.2, 0) is 6.44 Å². The van der Waals surface area contributed by atoms with E-state index in [1.54, 1.807) is 19.0 Å². The second-order valence-electron chi connectivity index (χ2n) is 3.34. The topological polar surface area (TPSA) is 38.1 Å². The van der Waals surface area contributed by atoms with Crippen molar-refractivity contribution in [2.24, 2.45) is 0 Å². The summed E-state index contributed by atoms with van der Waals surface area (Å²) in [6.45, 7) is -5.04. The van der Waals surface area contributed by atoms with Crippen molar-refractivity contribution in [2.45, 2.75) is 6.44 Å². The maximum Gasteiger partial charge on any atom is 1.00 e.